The first-order valence-corrected chi connectivity index (χ1v) is 8.17. The second kappa shape index (κ2) is 7.29. The summed E-state index contributed by atoms with van der Waals surface area (Å²) in [6.45, 7) is 0. The van der Waals surface area contributed by atoms with Gasteiger partial charge in [0, 0.05) is 6.08 Å². The van der Waals surface area contributed by atoms with E-state index in [0.29, 0.717) is 5.88 Å². The summed E-state index contributed by atoms with van der Waals surface area (Å²) in [5.74, 6) is 1.57. The van der Waals surface area contributed by atoms with E-state index in [9.17, 15) is 4.39 Å². The minimum absolute atomic E-state index is 0.141. The molecule has 0 saturated carbocycles. The van der Waals surface area contributed by atoms with E-state index < -0.39 is 5.82 Å². The number of halogens is 1. The third-order valence-electron chi connectivity index (χ3n) is 3.83. The molecule has 4 nitrogen and oxygen atoms in total. The van der Waals surface area contributed by atoms with Crippen molar-refractivity contribution in [2.45, 2.75) is 6.10 Å². The molecule has 1 unspecified atom stereocenters. The maximum atomic E-state index is 13.7. The molecule has 0 aliphatic carbocycles. The molecule has 1 N–H and O–H groups in total. The molecule has 0 saturated heterocycles. The van der Waals surface area contributed by atoms with Crippen LogP contribution in [0.2, 0.25) is 0 Å². The maximum absolute atomic E-state index is 13.7. The van der Waals surface area contributed by atoms with E-state index in [-0.39, 0.29) is 11.9 Å². The summed E-state index contributed by atoms with van der Waals surface area (Å²) in [6.07, 6.45) is 1.42. The number of hydroxylamine groups is 1. The first-order valence-electron chi connectivity index (χ1n) is 8.17. The van der Waals surface area contributed by atoms with Crippen molar-refractivity contribution >= 4 is 0 Å². The van der Waals surface area contributed by atoms with Crippen molar-refractivity contribution in [1.29, 1.82) is 0 Å². The predicted octanol–water partition coefficient (Wildman–Crippen LogP) is 5.11. The Labute approximate surface area is 150 Å². The van der Waals surface area contributed by atoms with Crippen molar-refractivity contribution in [3.63, 3.8) is 0 Å². The molecule has 1 aliphatic rings. The normalized spacial score (nSPS) is 15.9. The summed E-state index contributed by atoms with van der Waals surface area (Å²) in [5.41, 5.74) is 3.60. The van der Waals surface area contributed by atoms with Crippen molar-refractivity contribution in [3.05, 3.63) is 102 Å². The summed E-state index contributed by atoms with van der Waals surface area (Å²) in [5, 5.41) is 0. The maximum Gasteiger partial charge on any atom is 0.216 e. The van der Waals surface area contributed by atoms with E-state index in [1.807, 2.05) is 54.6 Å². The van der Waals surface area contributed by atoms with Gasteiger partial charge in [-0.3, -0.25) is 4.84 Å². The van der Waals surface area contributed by atoms with Gasteiger partial charge >= 0.3 is 0 Å². The average Bonchev–Trinajstić information content (AvgIpc) is 3.14. The molecule has 1 aliphatic heterocycles. The molecule has 0 amide bonds. The minimum Gasteiger partial charge on any atom is -0.457 e. The average molecular weight is 349 g/mol. The van der Waals surface area contributed by atoms with Crippen LogP contribution in [0.3, 0.4) is 0 Å². The summed E-state index contributed by atoms with van der Waals surface area (Å²) in [6, 6.07) is 23.3. The van der Waals surface area contributed by atoms with Crippen LogP contribution in [0.5, 0.6) is 17.2 Å². The van der Waals surface area contributed by atoms with Crippen molar-refractivity contribution in [3.8, 4) is 17.2 Å². The number of hydrogen-bond donors (Lipinski definition) is 1. The van der Waals surface area contributed by atoms with Gasteiger partial charge in [-0.1, -0.05) is 42.5 Å². The zero-order chi connectivity index (χ0) is 17.8. The standard InChI is InChI=1S/C21H16FNO3/c22-18-8-4-5-9-19(18)25-21-14-20(26-23-21)15-10-12-17(13-11-15)24-16-6-2-1-3-7-16/h1-14,20,23H. The first-order chi connectivity index (χ1) is 12.8. The van der Waals surface area contributed by atoms with E-state index in [0.717, 1.165) is 17.1 Å². The molecule has 0 aromatic heterocycles. The van der Waals surface area contributed by atoms with E-state index in [1.165, 1.54) is 6.07 Å². The molecular weight excluding hydrogens is 333 g/mol. The Kier molecular flexibility index (Phi) is 4.53. The minimum atomic E-state index is -0.430. The van der Waals surface area contributed by atoms with Crippen molar-refractivity contribution in [1.82, 2.24) is 5.48 Å². The second-order valence-electron chi connectivity index (χ2n) is 5.69. The molecule has 26 heavy (non-hydrogen) atoms. The Morgan fingerprint density at radius 2 is 1.46 bits per heavy atom. The van der Waals surface area contributed by atoms with E-state index in [2.05, 4.69) is 5.48 Å². The highest BCUT2D eigenvalue weighted by Gasteiger charge is 2.20. The molecule has 1 heterocycles. The smallest absolute Gasteiger partial charge is 0.216 e. The molecule has 130 valence electrons. The van der Waals surface area contributed by atoms with E-state index in [1.54, 1.807) is 24.3 Å². The van der Waals surface area contributed by atoms with Gasteiger partial charge in [-0.05, 0) is 42.0 Å². The molecule has 3 aromatic carbocycles. The van der Waals surface area contributed by atoms with Gasteiger partial charge < -0.3 is 9.47 Å². The quantitative estimate of drug-likeness (QED) is 0.694. The van der Waals surface area contributed by atoms with Gasteiger partial charge in [0.2, 0.25) is 5.88 Å². The molecule has 4 rings (SSSR count). The van der Waals surface area contributed by atoms with Gasteiger partial charge in [-0.25, -0.2) is 9.87 Å². The summed E-state index contributed by atoms with van der Waals surface area (Å²) in [4.78, 5) is 5.49. The highest BCUT2D eigenvalue weighted by atomic mass is 19.1. The molecule has 1 atom stereocenters. The zero-order valence-corrected chi connectivity index (χ0v) is 13.8. The van der Waals surface area contributed by atoms with Gasteiger partial charge in [0.15, 0.2) is 11.6 Å². The molecule has 0 radical (unpaired) electrons. The number of para-hydroxylation sites is 2. The van der Waals surface area contributed by atoms with Gasteiger partial charge in [0.25, 0.3) is 0 Å². The fraction of sp³-hybridized carbons (Fsp3) is 0.0476. The van der Waals surface area contributed by atoms with Crippen molar-refractivity contribution < 1.29 is 18.7 Å². The first kappa shape index (κ1) is 16.2. The lowest BCUT2D eigenvalue weighted by atomic mass is 10.1. The van der Waals surface area contributed by atoms with Gasteiger partial charge in [0.1, 0.15) is 17.6 Å². The topological polar surface area (TPSA) is 39.7 Å². The fourth-order valence-electron chi connectivity index (χ4n) is 2.54. The molecule has 0 spiro atoms. The van der Waals surface area contributed by atoms with E-state index in [4.69, 9.17) is 14.3 Å². The monoisotopic (exact) mass is 349 g/mol. The van der Waals surface area contributed by atoms with Crippen molar-refractivity contribution in [2.24, 2.45) is 0 Å². The Morgan fingerprint density at radius 3 is 2.23 bits per heavy atom. The van der Waals surface area contributed by atoms with Crippen LogP contribution in [0.25, 0.3) is 0 Å². The molecule has 0 bridgehead atoms. The van der Waals surface area contributed by atoms with Crippen LogP contribution in [0.4, 0.5) is 4.39 Å². The second-order valence-corrected chi connectivity index (χ2v) is 5.69. The highest BCUT2D eigenvalue weighted by Crippen LogP contribution is 2.29. The lowest BCUT2D eigenvalue weighted by Gasteiger charge is -2.09. The molecule has 3 aromatic rings. The number of rotatable bonds is 5. The van der Waals surface area contributed by atoms with E-state index >= 15 is 0 Å². The number of hydrogen-bond acceptors (Lipinski definition) is 4. The largest absolute Gasteiger partial charge is 0.457 e. The summed E-state index contributed by atoms with van der Waals surface area (Å²) >= 11 is 0. The van der Waals surface area contributed by atoms with Crippen LogP contribution in [-0.2, 0) is 4.84 Å². The third kappa shape index (κ3) is 3.68. The zero-order valence-electron chi connectivity index (χ0n) is 13.8. The molecular formula is C21H16FNO3. The van der Waals surface area contributed by atoms with Crippen LogP contribution in [0, 0.1) is 5.82 Å². The summed E-state index contributed by atoms with van der Waals surface area (Å²) in [7, 11) is 0. The Bertz CT molecular complexity index is 910. The Balaban J connectivity index is 1.43. The Morgan fingerprint density at radius 1 is 0.769 bits per heavy atom. The molecule has 0 fully saturated rings. The molecule has 5 heteroatoms. The van der Waals surface area contributed by atoms with Gasteiger partial charge in [0.05, 0.1) is 0 Å². The third-order valence-corrected chi connectivity index (χ3v) is 3.83. The van der Waals surface area contributed by atoms with Crippen LogP contribution in [-0.4, -0.2) is 0 Å². The fourth-order valence-corrected chi connectivity index (χ4v) is 2.54. The Hall–Kier alpha value is -3.31. The predicted molar refractivity (Wildman–Crippen MR) is 95.0 cm³/mol. The number of ether oxygens (including phenoxy) is 2. The van der Waals surface area contributed by atoms with Crippen molar-refractivity contribution in [2.75, 3.05) is 0 Å². The van der Waals surface area contributed by atoms with Crippen LogP contribution in [0.15, 0.2) is 90.8 Å². The van der Waals surface area contributed by atoms with Crippen LogP contribution in [0.1, 0.15) is 11.7 Å². The lowest BCUT2D eigenvalue weighted by Crippen LogP contribution is -2.12. The number of nitrogens with one attached hydrogen (secondary N) is 1. The van der Waals surface area contributed by atoms with Crippen LogP contribution < -0.4 is 15.0 Å². The number of benzene rings is 3. The SMILES string of the molecule is Fc1ccccc1OC1=CC(c2ccc(Oc3ccccc3)cc2)ON1. The van der Waals surface area contributed by atoms with Crippen LogP contribution >= 0.6 is 0 Å². The van der Waals surface area contributed by atoms with Gasteiger partial charge in [-0.15, -0.1) is 0 Å². The lowest BCUT2D eigenvalue weighted by molar-refractivity contribution is 0.0270. The highest BCUT2D eigenvalue weighted by molar-refractivity contribution is 5.35. The summed E-state index contributed by atoms with van der Waals surface area (Å²) < 4.78 is 24.9. The van der Waals surface area contributed by atoms with Gasteiger partial charge in [-0.2, -0.15) is 0 Å².